The monoisotopic (exact) mass is 382 g/mol. The molecule has 3 heterocycles. The number of aromatic nitrogens is 3. The predicted octanol–water partition coefficient (Wildman–Crippen LogP) is 4.30. The number of thioether (sulfide) groups is 1. The maximum absolute atomic E-state index is 12.7. The van der Waals surface area contributed by atoms with Crippen molar-refractivity contribution in [2.75, 3.05) is 12.3 Å². The number of amides is 1. The summed E-state index contributed by atoms with van der Waals surface area (Å²) in [6.45, 7) is 9.35. The Morgan fingerprint density at radius 1 is 1.11 bits per heavy atom. The first-order chi connectivity index (χ1) is 13.0. The summed E-state index contributed by atoms with van der Waals surface area (Å²) >= 11 is 1.49. The molecule has 6 heteroatoms. The summed E-state index contributed by atoms with van der Waals surface area (Å²) in [7, 11) is 0. The summed E-state index contributed by atoms with van der Waals surface area (Å²) in [4.78, 5) is 14.7. The van der Waals surface area contributed by atoms with E-state index in [0.717, 1.165) is 41.3 Å². The summed E-state index contributed by atoms with van der Waals surface area (Å²) in [6.07, 6.45) is 3.43. The van der Waals surface area contributed by atoms with Gasteiger partial charge in [0.05, 0.1) is 11.3 Å². The Bertz CT molecular complexity index is 1030. The van der Waals surface area contributed by atoms with Gasteiger partial charge in [0.1, 0.15) is 0 Å². The van der Waals surface area contributed by atoms with Gasteiger partial charge in [-0.05, 0) is 87.2 Å². The molecule has 1 aromatic carbocycles. The molecule has 1 atom stereocenters. The molecule has 1 aliphatic rings. The lowest BCUT2D eigenvalue weighted by atomic mass is 10.0. The van der Waals surface area contributed by atoms with E-state index in [1.165, 1.54) is 34.7 Å². The molecule has 1 amide bonds. The first-order valence-corrected chi connectivity index (χ1v) is 10.6. The van der Waals surface area contributed by atoms with Crippen molar-refractivity contribution < 1.29 is 4.79 Å². The quantitative estimate of drug-likeness (QED) is 0.634. The smallest absolute Gasteiger partial charge is 0.233 e. The number of fused-ring (bicyclic) bond motifs is 3. The number of likely N-dealkylation sites (tertiary alicyclic amines) is 1. The largest absolute Gasteiger partial charge is 0.339 e. The lowest BCUT2D eigenvalue weighted by molar-refractivity contribution is -0.131. The van der Waals surface area contributed by atoms with Crippen LogP contribution in [-0.2, 0) is 4.79 Å². The van der Waals surface area contributed by atoms with Crippen LogP contribution in [0, 0.1) is 20.8 Å². The fraction of sp³-hybridized carbons (Fsp3) is 0.476. The Morgan fingerprint density at radius 3 is 2.63 bits per heavy atom. The normalized spacial score (nSPS) is 17.8. The number of aryl methyl sites for hydroxylation is 3. The van der Waals surface area contributed by atoms with Gasteiger partial charge in [0, 0.05) is 12.6 Å². The van der Waals surface area contributed by atoms with Crippen LogP contribution in [0.2, 0.25) is 0 Å². The van der Waals surface area contributed by atoms with Crippen LogP contribution >= 0.6 is 11.8 Å². The average Bonchev–Trinajstić information content (AvgIpc) is 3.07. The Labute approximate surface area is 164 Å². The highest BCUT2D eigenvalue weighted by molar-refractivity contribution is 7.99. The van der Waals surface area contributed by atoms with Gasteiger partial charge in [-0.25, -0.2) is 0 Å². The van der Waals surface area contributed by atoms with Crippen molar-refractivity contribution in [3.05, 3.63) is 34.9 Å². The van der Waals surface area contributed by atoms with Gasteiger partial charge in [-0.2, -0.15) is 0 Å². The number of carbonyl (C=O) groups is 1. The van der Waals surface area contributed by atoms with Crippen LogP contribution in [0.4, 0.5) is 0 Å². The summed E-state index contributed by atoms with van der Waals surface area (Å²) in [5.74, 6) is 0.610. The Balaban J connectivity index is 1.68. The zero-order chi connectivity index (χ0) is 19.1. The lowest BCUT2D eigenvalue weighted by Gasteiger charge is -2.33. The van der Waals surface area contributed by atoms with Gasteiger partial charge in [-0.1, -0.05) is 11.8 Å². The van der Waals surface area contributed by atoms with Crippen molar-refractivity contribution in [1.82, 2.24) is 19.5 Å². The zero-order valence-corrected chi connectivity index (χ0v) is 17.3. The molecular formula is C21H26N4OS. The molecule has 1 fully saturated rings. The topological polar surface area (TPSA) is 50.5 Å². The van der Waals surface area contributed by atoms with Gasteiger partial charge >= 0.3 is 0 Å². The summed E-state index contributed by atoms with van der Waals surface area (Å²) in [5, 5.41) is 10.8. The van der Waals surface area contributed by atoms with Crippen LogP contribution in [0.5, 0.6) is 0 Å². The van der Waals surface area contributed by atoms with E-state index in [2.05, 4.69) is 60.5 Å². The molecule has 142 valence electrons. The number of pyridine rings is 1. The molecule has 0 spiro atoms. The molecule has 0 radical (unpaired) electrons. The molecule has 0 N–H and O–H groups in total. The standard InChI is InChI=1S/C21H26N4OS/c1-13-9-17-10-15(3)20-22-23-21(25(20)18(17)11-14(13)2)27-12-19(26)24-8-6-5-7-16(24)4/h9-11,16H,5-8,12H2,1-4H3/t16-/m0/s1. The highest BCUT2D eigenvalue weighted by Gasteiger charge is 2.24. The van der Waals surface area contributed by atoms with Crippen LogP contribution in [0.25, 0.3) is 16.6 Å². The van der Waals surface area contributed by atoms with Gasteiger partial charge in [0.2, 0.25) is 5.91 Å². The van der Waals surface area contributed by atoms with Gasteiger partial charge in [-0.3, -0.25) is 9.20 Å². The first-order valence-electron chi connectivity index (χ1n) is 9.63. The van der Waals surface area contributed by atoms with Crippen LogP contribution in [0.15, 0.2) is 23.4 Å². The lowest BCUT2D eigenvalue weighted by Crippen LogP contribution is -2.42. The minimum Gasteiger partial charge on any atom is -0.339 e. The number of carbonyl (C=O) groups excluding carboxylic acids is 1. The van der Waals surface area contributed by atoms with E-state index in [4.69, 9.17) is 0 Å². The molecule has 27 heavy (non-hydrogen) atoms. The summed E-state index contributed by atoms with van der Waals surface area (Å²) in [6, 6.07) is 6.92. The third-order valence-corrected chi connectivity index (χ3v) is 6.60. The van der Waals surface area contributed by atoms with Gasteiger partial charge in [-0.15, -0.1) is 10.2 Å². The second-order valence-electron chi connectivity index (χ2n) is 7.68. The number of rotatable bonds is 3. The van der Waals surface area contributed by atoms with Crippen molar-refractivity contribution in [3.8, 4) is 0 Å². The molecule has 4 rings (SSSR count). The number of nitrogens with zero attached hydrogens (tertiary/aromatic N) is 4. The van der Waals surface area contributed by atoms with E-state index >= 15 is 0 Å². The van der Waals surface area contributed by atoms with E-state index in [0.29, 0.717) is 11.8 Å². The SMILES string of the molecule is Cc1cc2cc(C)c3nnc(SCC(=O)N4CCCC[C@@H]4C)n3c2cc1C. The fourth-order valence-corrected chi connectivity index (χ4v) is 4.77. The number of benzene rings is 1. The van der Waals surface area contributed by atoms with Crippen molar-refractivity contribution >= 4 is 34.2 Å². The molecule has 3 aromatic rings. The predicted molar refractivity (Wildman–Crippen MR) is 110 cm³/mol. The van der Waals surface area contributed by atoms with Crippen molar-refractivity contribution in [1.29, 1.82) is 0 Å². The van der Waals surface area contributed by atoms with Gasteiger partial charge < -0.3 is 4.90 Å². The molecule has 1 aliphatic heterocycles. The van der Waals surface area contributed by atoms with E-state index in [9.17, 15) is 4.79 Å². The maximum atomic E-state index is 12.7. The summed E-state index contributed by atoms with van der Waals surface area (Å²) < 4.78 is 2.11. The fourth-order valence-electron chi connectivity index (χ4n) is 3.94. The molecule has 0 saturated carbocycles. The molecule has 2 aromatic heterocycles. The minimum absolute atomic E-state index is 0.202. The Morgan fingerprint density at radius 2 is 1.85 bits per heavy atom. The molecule has 0 aliphatic carbocycles. The van der Waals surface area contributed by atoms with Crippen LogP contribution < -0.4 is 0 Å². The second-order valence-corrected chi connectivity index (χ2v) is 8.63. The molecule has 1 saturated heterocycles. The maximum Gasteiger partial charge on any atom is 0.233 e. The zero-order valence-electron chi connectivity index (χ0n) is 16.5. The van der Waals surface area contributed by atoms with E-state index in [-0.39, 0.29) is 5.91 Å². The van der Waals surface area contributed by atoms with E-state index in [1.54, 1.807) is 0 Å². The molecule has 0 bridgehead atoms. The third-order valence-electron chi connectivity index (χ3n) is 5.69. The van der Waals surface area contributed by atoms with Crippen molar-refractivity contribution in [2.24, 2.45) is 0 Å². The Hall–Kier alpha value is -2.08. The van der Waals surface area contributed by atoms with Crippen LogP contribution in [0.1, 0.15) is 42.9 Å². The average molecular weight is 383 g/mol. The number of piperidine rings is 1. The highest BCUT2D eigenvalue weighted by atomic mass is 32.2. The molecular weight excluding hydrogens is 356 g/mol. The molecule has 0 unspecified atom stereocenters. The highest BCUT2D eigenvalue weighted by Crippen LogP contribution is 2.28. The number of hydrogen-bond acceptors (Lipinski definition) is 4. The summed E-state index contributed by atoms with van der Waals surface area (Å²) in [5.41, 5.74) is 5.59. The minimum atomic E-state index is 0.202. The Kier molecular flexibility index (Phi) is 4.84. The third kappa shape index (κ3) is 3.31. The van der Waals surface area contributed by atoms with Crippen molar-refractivity contribution in [3.63, 3.8) is 0 Å². The van der Waals surface area contributed by atoms with Crippen molar-refractivity contribution in [2.45, 2.75) is 58.2 Å². The molecule has 5 nitrogen and oxygen atoms in total. The number of hydrogen-bond donors (Lipinski definition) is 0. The second kappa shape index (κ2) is 7.15. The van der Waals surface area contributed by atoms with E-state index < -0.39 is 0 Å². The van der Waals surface area contributed by atoms with Gasteiger partial charge in [0.25, 0.3) is 0 Å². The van der Waals surface area contributed by atoms with Gasteiger partial charge in [0.15, 0.2) is 10.8 Å². The van der Waals surface area contributed by atoms with E-state index in [1.807, 2.05) is 4.90 Å². The van der Waals surface area contributed by atoms with Crippen LogP contribution in [-0.4, -0.2) is 43.7 Å². The van der Waals surface area contributed by atoms with Crippen LogP contribution in [0.3, 0.4) is 0 Å². The first kappa shape index (κ1) is 18.3.